The van der Waals surface area contributed by atoms with E-state index in [9.17, 15) is 14.4 Å². The normalized spacial score (nSPS) is 12.5. The predicted molar refractivity (Wildman–Crippen MR) is 126 cm³/mol. The molecular formula is C25H27N3O5. The summed E-state index contributed by atoms with van der Waals surface area (Å²) >= 11 is 0. The van der Waals surface area contributed by atoms with Gasteiger partial charge in [0, 0.05) is 6.42 Å². The second-order valence-corrected chi connectivity index (χ2v) is 8.64. The molecule has 0 aliphatic carbocycles. The fraction of sp³-hybridized carbons (Fsp3) is 0.280. The van der Waals surface area contributed by atoms with Gasteiger partial charge >= 0.3 is 6.09 Å². The molecule has 0 saturated carbocycles. The molecule has 3 aromatic rings. The Bertz CT molecular complexity index is 1230. The first-order valence-electron chi connectivity index (χ1n) is 10.5. The molecule has 0 aliphatic rings. The Hall–Kier alpha value is -3.94. The highest BCUT2D eigenvalue weighted by atomic mass is 16.6. The number of hydrogen-bond acceptors (Lipinski definition) is 6. The van der Waals surface area contributed by atoms with Crippen LogP contribution in [0.4, 0.5) is 4.79 Å². The lowest BCUT2D eigenvalue weighted by Gasteiger charge is -2.23. The van der Waals surface area contributed by atoms with Gasteiger partial charge in [0.1, 0.15) is 23.5 Å². The van der Waals surface area contributed by atoms with Crippen molar-refractivity contribution >= 4 is 29.2 Å². The van der Waals surface area contributed by atoms with Crippen LogP contribution in [0.3, 0.4) is 0 Å². The molecule has 0 fully saturated rings. The van der Waals surface area contributed by atoms with Gasteiger partial charge < -0.3 is 14.5 Å². The molecule has 1 aromatic heterocycles. The van der Waals surface area contributed by atoms with Crippen LogP contribution in [0.15, 0.2) is 69.1 Å². The minimum atomic E-state index is -0.935. The smallest absolute Gasteiger partial charge is 0.408 e. The average Bonchev–Trinajstić information content (AvgIpc) is 2.74. The van der Waals surface area contributed by atoms with Gasteiger partial charge in [-0.3, -0.25) is 9.59 Å². The molecular weight excluding hydrogens is 422 g/mol. The van der Waals surface area contributed by atoms with Crippen LogP contribution >= 0.6 is 0 Å². The Morgan fingerprint density at radius 3 is 2.58 bits per heavy atom. The monoisotopic (exact) mass is 449 g/mol. The molecule has 1 heterocycles. The lowest BCUT2D eigenvalue weighted by Crippen LogP contribution is -2.48. The quantitative estimate of drug-likeness (QED) is 0.441. The molecule has 3 rings (SSSR count). The van der Waals surface area contributed by atoms with E-state index in [1.54, 1.807) is 32.9 Å². The van der Waals surface area contributed by atoms with Crippen LogP contribution in [0.5, 0.6) is 0 Å². The summed E-state index contributed by atoms with van der Waals surface area (Å²) in [6.07, 6.45) is 2.03. The molecule has 1 atom stereocenters. The molecule has 0 spiro atoms. The van der Waals surface area contributed by atoms with Gasteiger partial charge in [0.15, 0.2) is 0 Å². The fourth-order valence-corrected chi connectivity index (χ4v) is 3.10. The van der Waals surface area contributed by atoms with Crippen LogP contribution in [-0.2, 0) is 16.0 Å². The minimum Gasteiger partial charge on any atom is -0.463 e. The molecule has 8 nitrogen and oxygen atoms in total. The highest BCUT2D eigenvalue weighted by Gasteiger charge is 2.24. The number of amides is 2. The summed E-state index contributed by atoms with van der Waals surface area (Å²) in [5.74, 6) is -0.554. The van der Waals surface area contributed by atoms with Crippen LogP contribution in [0, 0.1) is 6.92 Å². The van der Waals surface area contributed by atoms with Crippen LogP contribution in [-0.4, -0.2) is 29.9 Å². The number of ether oxygens (including phenoxy) is 1. The van der Waals surface area contributed by atoms with Crippen molar-refractivity contribution in [1.82, 2.24) is 10.7 Å². The topological polar surface area (TPSA) is 110 Å². The number of rotatable bonds is 6. The van der Waals surface area contributed by atoms with Gasteiger partial charge in [-0.15, -0.1) is 0 Å². The van der Waals surface area contributed by atoms with E-state index in [1.165, 1.54) is 12.5 Å². The Kier molecular flexibility index (Phi) is 7.27. The molecule has 33 heavy (non-hydrogen) atoms. The molecule has 8 heteroatoms. The first-order chi connectivity index (χ1) is 15.6. The summed E-state index contributed by atoms with van der Waals surface area (Å²) < 4.78 is 10.8. The number of alkyl carbamates (subject to hydrolysis) is 1. The van der Waals surface area contributed by atoms with E-state index >= 15 is 0 Å². The van der Waals surface area contributed by atoms with E-state index in [1.807, 2.05) is 43.3 Å². The highest BCUT2D eigenvalue weighted by molar-refractivity contribution is 5.89. The molecule has 0 aliphatic heterocycles. The second kappa shape index (κ2) is 10.1. The zero-order valence-corrected chi connectivity index (χ0v) is 19.0. The molecule has 172 valence electrons. The zero-order chi connectivity index (χ0) is 24.0. The van der Waals surface area contributed by atoms with E-state index in [4.69, 9.17) is 9.15 Å². The van der Waals surface area contributed by atoms with Crippen molar-refractivity contribution in [2.45, 2.75) is 45.8 Å². The van der Waals surface area contributed by atoms with Gasteiger partial charge in [-0.2, -0.15) is 5.10 Å². The lowest BCUT2D eigenvalue weighted by atomic mass is 10.1. The summed E-state index contributed by atoms with van der Waals surface area (Å²) in [5, 5.41) is 6.91. The third kappa shape index (κ3) is 6.77. The van der Waals surface area contributed by atoms with Crippen molar-refractivity contribution in [3.63, 3.8) is 0 Å². The van der Waals surface area contributed by atoms with Gasteiger partial charge in [0.2, 0.25) is 5.43 Å². The summed E-state index contributed by atoms with van der Waals surface area (Å²) in [7, 11) is 0. The van der Waals surface area contributed by atoms with Gasteiger partial charge in [-0.25, -0.2) is 10.2 Å². The molecule has 0 radical (unpaired) electrons. The predicted octanol–water partition coefficient (Wildman–Crippen LogP) is 3.69. The van der Waals surface area contributed by atoms with Crippen molar-refractivity contribution in [3.05, 3.63) is 81.7 Å². The van der Waals surface area contributed by atoms with Crippen molar-refractivity contribution < 1.29 is 18.7 Å². The average molecular weight is 450 g/mol. The molecule has 1 unspecified atom stereocenters. The maximum atomic E-state index is 12.8. The Balaban J connectivity index is 1.75. The van der Waals surface area contributed by atoms with Crippen LogP contribution in [0.25, 0.3) is 11.0 Å². The van der Waals surface area contributed by atoms with Gasteiger partial charge in [0.05, 0.1) is 17.2 Å². The number of benzene rings is 2. The summed E-state index contributed by atoms with van der Waals surface area (Å²) in [6.45, 7) is 7.09. The van der Waals surface area contributed by atoms with Crippen LogP contribution < -0.4 is 16.2 Å². The number of nitrogens with zero attached hydrogens (tertiary/aromatic N) is 1. The molecule has 0 saturated heterocycles. The van der Waals surface area contributed by atoms with Crippen molar-refractivity contribution in [2.24, 2.45) is 5.10 Å². The first kappa shape index (κ1) is 23.7. The Morgan fingerprint density at radius 2 is 1.88 bits per heavy atom. The Labute approximate surface area is 191 Å². The summed E-state index contributed by atoms with van der Waals surface area (Å²) in [5.41, 5.74) is 3.85. The van der Waals surface area contributed by atoms with Crippen LogP contribution in [0.1, 0.15) is 37.5 Å². The van der Waals surface area contributed by atoms with E-state index in [0.29, 0.717) is 11.0 Å². The highest BCUT2D eigenvalue weighted by Crippen LogP contribution is 2.13. The number of carbonyl (C=O) groups is 2. The SMILES string of the molecule is Cc1ccc2occ(C=NNC(=O)C(Cc3ccccc3)NC(=O)OC(C)(C)C)c(=O)c2c1. The Morgan fingerprint density at radius 1 is 1.15 bits per heavy atom. The van der Waals surface area contributed by atoms with Crippen molar-refractivity contribution in [2.75, 3.05) is 0 Å². The number of hydrazone groups is 1. The zero-order valence-electron chi connectivity index (χ0n) is 19.0. The maximum absolute atomic E-state index is 12.8. The molecule has 2 amide bonds. The van der Waals surface area contributed by atoms with Gasteiger partial charge in [-0.1, -0.05) is 42.0 Å². The summed E-state index contributed by atoms with van der Waals surface area (Å²) in [6, 6.07) is 13.6. The molecule has 2 N–H and O–H groups in total. The number of hydrogen-bond donors (Lipinski definition) is 2. The number of aryl methyl sites for hydroxylation is 1. The second-order valence-electron chi connectivity index (χ2n) is 8.64. The van der Waals surface area contributed by atoms with Gasteiger partial charge in [-0.05, 0) is 45.4 Å². The molecule has 2 aromatic carbocycles. The first-order valence-corrected chi connectivity index (χ1v) is 10.5. The third-order valence-electron chi connectivity index (χ3n) is 4.62. The van der Waals surface area contributed by atoms with Gasteiger partial charge in [0.25, 0.3) is 5.91 Å². The largest absolute Gasteiger partial charge is 0.463 e. The van der Waals surface area contributed by atoms with E-state index in [0.717, 1.165) is 11.1 Å². The van der Waals surface area contributed by atoms with E-state index in [2.05, 4.69) is 15.8 Å². The van der Waals surface area contributed by atoms with Crippen molar-refractivity contribution in [3.8, 4) is 0 Å². The standard InChI is InChI=1S/C25H27N3O5/c1-16-10-11-21-19(12-16)22(29)18(15-32-21)14-26-28-23(30)20(13-17-8-6-5-7-9-17)27-24(31)33-25(2,3)4/h5-12,14-15,20H,13H2,1-4H3,(H,27,31)(H,28,30). The van der Waals surface area contributed by atoms with Crippen LogP contribution in [0.2, 0.25) is 0 Å². The molecule has 0 bridgehead atoms. The van der Waals surface area contributed by atoms with E-state index in [-0.39, 0.29) is 17.4 Å². The lowest BCUT2D eigenvalue weighted by molar-refractivity contribution is -0.123. The maximum Gasteiger partial charge on any atom is 0.408 e. The van der Waals surface area contributed by atoms with Crippen molar-refractivity contribution in [1.29, 1.82) is 0 Å². The number of carbonyl (C=O) groups excluding carboxylic acids is 2. The third-order valence-corrected chi connectivity index (χ3v) is 4.62. The van der Waals surface area contributed by atoms with E-state index < -0.39 is 23.6 Å². The summed E-state index contributed by atoms with van der Waals surface area (Å²) in [4.78, 5) is 37.7. The number of fused-ring (bicyclic) bond motifs is 1. The fourth-order valence-electron chi connectivity index (χ4n) is 3.10. The minimum absolute atomic E-state index is 0.188. The number of nitrogens with one attached hydrogen (secondary N) is 2.